The van der Waals surface area contributed by atoms with Gasteiger partial charge in [0, 0.05) is 19.6 Å². The van der Waals surface area contributed by atoms with E-state index in [0.717, 1.165) is 5.56 Å². The van der Waals surface area contributed by atoms with Crippen molar-refractivity contribution in [3.63, 3.8) is 0 Å². The fraction of sp³-hybridized carbons (Fsp3) is 0.286. The average Bonchev–Trinajstić information content (AvgIpc) is 2.71. The van der Waals surface area contributed by atoms with E-state index >= 15 is 0 Å². The Balaban J connectivity index is 1.68. The van der Waals surface area contributed by atoms with Gasteiger partial charge in [-0.05, 0) is 36.2 Å². The third-order valence-electron chi connectivity index (χ3n) is 4.83. The van der Waals surface area contributed by atoms with Crippen molar-refractivity contribution in [2.45, 2.75) is 25.9 Å². The molecule has 0 aromatic heterocycles. The summed E-state index contributed by atoms with van der Waals surface area (Å²) >= 11 is 6.08. The molecule has 0 radical (unpaired) electrons. The van der Waals surface area contributed by atoms with Crippen LogP contribution in [0, 0.1) is 5.82 Å². The molecular formula is C21H21ClFN3O3. The number of benzene rings is 2. The second-order valence-electron chi connectivity index (χ2n) is 6.74. The first-order chi connectivity index (χ1) is 13.9. The smallest absolute Gasteiger partial charge is 0.312 e. The summed E-state index contributed by atoms with van der Waals surface area (Å²) in [6.07, 6.45) is 0.354. The standard InChI is InChI=1S/C21H21ClFN3O3/c1-2-18(19(27)24-17-6-4-3-5-16(17)22)26-12-11-25(20(28)21(26)29)13-14-7-9-15(23)10-8-14/h3-10,18H,2,11-13H2,1H3,(H,24,27). The van der Waals surface area contributed by atoms with Gasteiger partial charge >= 0.3 is 11.8 Å². The van der Waals surface area contributed by atoms with Crippen LogP contribution in [0.1, 0.15) is 18.9 Å². The largest absolute Gasteiger partial charge is 0.328 e. The molecule has 2 aromatic carbocycles. The van der Waals surface area contributed by atoms with Gasteiger partial charge in [-0.1, -0.05) is 42.8 Å². The number of nitrogens with zero attached hydrogens (tertiary/aromatic N) is 2. The highest BCUT2D eigenvalue weighted by Crippen LogP contribution is 2.22. The van der Waals surface area contributed by atoms with Crippen molar-refractivity contribution in [3.8, 4) is 0 Å². The maximum atomic E-state index is 13.1. The van der Waals surface area contributed by atoms with E-state index in [1.165, 1.54) is 21.9 Å². The predicted octanol–water partition coefficient (Wildman–Crippen LogP) is 3.07. The number of halogens is 2. The highest BCUT2D eigenvalue weighted by molar-refractivity contribution is 6.36. The Kier molecular flexibility index (Phi) is 6.49. The number of amides is 3. The van der Waals surface area contributed by atoms with E-state index in [2.05, 4.69) is 5.32 Å². The van der Waals surface area contributed by atoms with Crippen molar-refractivity contribution >= 4 is 35.0 Å². The Morgan fingerprint density at radius 1 is 1.10 bits per heavy atom. The van der Waals surface area contributed by atoms with Gasteiger partial charge in [0.1, 0.15) is 11.9 Å². The summed E-state index contributed by atoms with van der Waals surface area (Å²) in [5, 5.41) is 3.12. The van der Waals surface area contributed by atoms with Crippen LogP contribution in [0.15, 0.2) is 48.5 Å². The Labute approximate surface area is 173 Å². The Morgan fingerprint density at radius 3 is 2.45 bits per heavy atom. The zero-order valence-electron chi connectivity index (χ0n) is 15.9. The summed E-state index contributed by atoms with van der Waals surface area (Å²) in [5.74, 6) is -2.16. The molecule has 1 heterocycles. The van der Waals surface area contributed by atoms with Crippen LogP contribution in [0.25, 0.3) is 0 Å². The van der Waals surface area contributed by atoms with Crippen molar-refractivity contribution < 1.29 is 18.8 Å². The number of para-hydroxylation sites is 1. The van der Waals surface area contributed by atoms with Gasteiger partial charge < -0.3 is 15.1 Å². The first-order valence-electron chi connectivity index (χ1n) is 9.30. The molecule has 0 bridgehead atoms. The number of hydrogen-bond donors (Lipinski definition) is 1. The third kappa shape index (κ3) is 4.74. The molecule has 1 aliphatic rings. The van der Waals surface area contributed by atoms with Gasteiger partial charge in [-0.3, -0.25) is 14.4 Å². The summed E-state index contributed by atoms with van der Waals surface area (Å²) < 4.78 is 13.1. The average molecular weight is 418 g/mol. The third-order valence-corrected chi connectivity index (χ3v) is 5.16. The minimum Gasteiger partial charge on any atom is -0.328 e. The van der Waals surface area contributed by atoms with Gasteiger partial charge in [0.15, 0.2) is 0 Å². The molecule has 1 atom stereocenters. The minimum atomic E-state index is -0.782. The van der Waals surface area contributed by atoms with Crippen LogP contribution < -0.4 is 5.32 Å². The molecule has 3 amide bonds. The van der Waals surface area contributed by atoms with E-state index in [0.29, 0.717) is 17.1 Å². The predicted molar refractivity (Wildman–Crippen MR) is 108 cm³/mol. The Bertz CT molecular complexity index is 920. The summed E-state index contributed by atoms with van der Waals surface area (Å²) in [6, 6.07) is 11.8. The first-order valence-corrected chi connectivity index (χ1v) is 9.68. The number of anilines is 1. The van der Waals surface area contributed by atoms with E-state index in [4.69, 9.17) is 11.6 Å². The number of piperazine rings is 1. The van der Waals surface area contributed by atoms with Gasteiger partial charge in [-0.2, -0.15) is 0 Å². The van der Waals surface area contributed by atoms with Crippen LogP contribution >= 0.6 is 11.6 Å². The molecule has 2 aromatic rings. The molecule has 29 heavy (non-hydrogen) atoms. The van der Waals surface area contributed by atoms with Crippen LogP contribution in [0.3, 0.4) is 0 Å². The van der Waals surface area contributed by atoms with Crippen molar-refractivity contribution in [2.24, 2.45) is 0 Å². The number of nitrogens with one attached hydrogen (secondary N) is 1. The molecule has 1 aliphatic heterocycles. The van der Waals surface area contributed by atoms with Crippen LogP contribution in [0.5, 0.6) is 0 Å². The summed E-state index contributed by atoms with van der Waals surface area (Å²) in [5.41, 5.74) is 1.18. The lowest BCUT2D eigenvalue weighted by Gasteiger charge is -2.37. The van der Waals surface area contributed by atoms with Crippen molar-refractivity contribution in [1.82, 2.24) is 9.80 Å². The number of carbonyl (C=O) groups is 3. The summed E-state index contributed by atoms with van der Waals surface area (Å²) in [7, 11) is 0. The van der Waals surface area contributed by atoms with Crippen molar-refractivity contribution in [3.05, 3.63) is 64.9 Å². The Morgan fingerprint density at radius 2 is 1.79 bits per heavy atom. The van der Waals surface area contributed by atoms with Gasteiger partial charge in [-0.15, -0.1) is 0 Å². The molecule has 152 valence electrons. The quantitative estimate of drug-likeness (QED) is 0.734. The molecule has 0 saturated carbocycles. The van der Waals surface area contributed by atoms with Gasteiger partial charge in [-0.25, -0.2) is 4.39 Å². The van der Waals surface area contributed by atoms with Gasteiger partial charge in [0.2, 0.25) is 5.91 Å². The van der Waals surface area contributed by atoms with Crippen LogP contribution in [-0.4, -0.2) is 46.7 Å². The summed E-state index contributed by atoms with van der Waals surface area (Å²) in [4.78, 5) is 40.7. The van der Waals surface area contributed by atoms with Crippen LogP contribution in [-0.2, 0) is 20.9 Å². The van der Waals surface area contributed by atoms with Crippen molar-refractivity contribution in [1.29, 1.82) is 0 Å². The highest BCUT2D eigenvalue weighted by atomic mass is 35.5. The van der Waals surface area contributed by atoms with Crippen LogP contribution in [0.2, 0.25) is 5.02 Å². The van der Waals surface area contributed by atoms with E-state index < -0.39 is 23.8 Å². The zero-order chi connectivity index (χ0) is 21.0. The van der Waals surface area contributed by atoms with Crippen molar-refractivity contribution in [2.75, 3.05) is 18.4 Å². The second-order valence-corrected chi connectivity index (χ2v) is 7.15. The number of carbonyl (C=O) groups excluding carboxylic acids is 3. The Hall–Kier alpha value is -2.93. The zero-order valence-corrected chi connectivity index (χ0v) is 16.7. The number of rotatable bonds is 6. The molecule has 0 aliphatic carbocycles. The molecular weight excluding hydrogens is 397 g/mol. The lowest BCUT2D eigenvalue weighted by Crippen LogP contribution is -2.59. The molecule has 3 rings (SSSR count). The molecule has 1 saturated heterocycles. The molecule has 8 heteroatoms. The van der Waals surface area contributed by atoms with Crippen LogP contribution in [0.4, 0.5) is 10.1 Å². The molecule has 1 N–H and O–H groups in total. The van der Waals surface area contributed by atoms with E-state index in [-0.39, 0.29) is 25.5 Å². The highest BCUT2D eigenvalue weighted by Gasteiger charge is 2.38. The van der Waals surface area contributed by atoms with Gasteiger partial charge in [0.05, 0.1) is 10.7 Å². The molecule has 6 nitrogen and oxygen atoms in total. The maximum Gasteiger partial charge on any atom is 0.312 e. The lowest BCUT2D eigenvalue weighted by atomic mass is 10.1. The molecule has 0 spiro atoms. The second kappa shape index (κ2) is 9.05. The minimum absolute atomic E-state index is 0.210. The number of hydrogen-bond acceptors (Lipinski definition) is 3. The van der Waals surface area contributed by atoms with Gasteiger partial charge in [0.25, 0.3) is 0 Å². The fourth-order valence-corrected chi connectivity index (χ4v) is 3.46. The summed E-state index contributed by atoms with van der Waals surface area (Å²) in [6.45, 7) is 2.51. The maximum absolute atomic E-state index is 13.1. The fourth-order valence-electron chi connectivity index (χ4n) is 3.27. The SMILES string of the molecule is CCC(C(=O)Nc1ccccc1Cl)N1CCN(Cc2ccc(F)cc2)C(=O)C1=O. The topological polar surface area (TPSA) is 69.7 Å². The molecule has 1 fully saturated rings. The monoisotopic (exact) mass is 417 g/mol. The van der Waals surface area contributed by atoms with E-state index in [9.17, 15) is 18.8 Å². The first kappa shape index (κ1) is 20.8. The van der Waals surface area contributed by atoms with E-state index in [1.807, 2.05) is 0 Å². The molecule has 1 unspecified atom stereocenters. The normalized spacial score (nSPS) is 15.4. The van der Waals surface area contributed by atoms with E-state index in [1.54, 1.807) is 43.3 Å². The lowest BCUT2D eigenvalue weighted by molar-refractivity contribution is -0.159.